The Morgan fingerprint density at radius 1 is 1.25 bits per heavy atom. The summed E-state index contributed by atoms with van der Waals surface area (Å²) in [7, 11) is -4.06. The maximum absolute atomic E-state index is 11.8. The zero-order valence-electron chi connectivity index (χ0n) is 7.65. The molecule has 1 aromatic carbocycles. The van der Waals surface area contributed by atoms with Gasteiger partial charge in [-0.05, 0) is 12.1 Å². The van der Waals surface area contributed by atoms with Crippen LogP contribution in [-0.4, -0.2) is 14.8 Å². The summed E-state index contributed by atoms with van der Waals surface area (Å²) in [5.41, 5.74) is 4.81. The van der Waals surface area contributed by atoms with Gasteiger partial charge in [0.15, 0.2) is 0 Å². The summed E-state index contributed by atoms with van der Waals surface area (Å²) in [4.78, 5) is -0.456. The number of halogens is 3. The first-order chi connectivity index (χ1) is 7.09. The van der Waals surface area contributed by atoms with Crippen LogP contribution >= 0.6 is 0 Å². The van der Waals surface area contributed by atoms with E-state index < -0.39 is 32.7 Å². The highest BCUT2D eigenvalue weighted by Crippen LogP contribution is 2.27. The molecule has 1 aromatic rings. The fourth-order valence-electron chi connectivity index (χ4n) is 0.983. The third-order valence-corrected chi connectivity index (χ3v) is 2.51. The van der Waals surface area contributed by atoms with Crippen molar-refractivity contribution in [3.8, 4) is 5.75 Å². The lowest BCUT2D eigenvalue weighted by Gasteiger charge is -2.10. The van der Waals surface area contributed by atoms with Crippen molar-refractivity contribution in [2.24, 2.45) is 5.14 Å². The van der Waals surface area contributed by atoms with Crippen molar-refractivity contribution in [1.29, 1.82) is 0 Å². The van der Waals surface area contributed by atoms with Gasteiger partial charge in [0.25, 0.3) is 0 Å². The number of rotatable bonds is 2. The second-order valence-electron chi connectivity index (χ2n) is 2.79. The molecule has 0 saturated carbocycles. The minimum absolute atomic E-state index is 0.413. The standard InChI is InChI=1S/C7H7F3N2O3S/c8-7(9,10)15-4-1-2-6(5(11)3-4)16(12,13)14/h1-3H,11H2,(H2,12,13,14). The molecule has 4 N–H and O–H groups in total. The number of alkyl halides is 3. The highest BCUT2D eigenvalue weighted by Gasteiger charge is 2.31. The van der Waals surface area contributed by atoms with Crippen molar-refractivity contribution in [2.45, 2.75) is 11.3 Å². The predicted molar refractivity (Wildman–Crippen MR) is 48.9 cm³/mol. The molecule has 16 heavy (non-hydrogen) atoms. The molecular formula is C7H7F3N2O3S. The Balaban J connectivity index is 3.10. The van der Waals surface area contributed by atoms with Gasteiger partial charge in [0.1, 0.15) is 10.6 Å². The van der Waals surface area contributed by atoms with E-state index in [1.54, 1.807) is 0 Å². The first-order valence-electron chi connectivity index (χ1n) is 3.78. The van der Waals surface area contributed by atoms with Crippen LogP contribution in [0.2, 0.25) is 0 Å². The van der Waals surface area contributed by atoms with Crippen LogP contribution in [0.3, 0.4) is 0 Å². The molecule has 0 saturated heterocycles. The van der Waals surface area contributed by atoms with Gasteiger partial charge in [-0.2, -0.15) is 0 Å². The topological polar surface area (TPSA) is 95.4 Å². The van der Waals surface area contributed by atoms with Gasteiger partial charge >= 0.3 is 6.36 Å². The van der Waals surface area contributed by atoms with E-state index in [1.807, 2.05) is 0 Å². The summed E-state index contributed by atoms with van der Waals surface area (Å²) < 4.78 is 60.7. The third-order valence-electron chi connectivity index (χ3n) is 1.52. The third kappa shape index (κ3) is 3.28. The maximum atomic E-state index is 11.8. The number of ether oxygens (including phenoxy) is 1. The zero-order chi connectivity index (χ0) is 12.6. The largest absolute Gasteiger partial charge is 0.573 e. The molecule has 0 aromatic heterocycles. The molecule has 0 radical (unpaired) electrons. The lowest BCUT2D eigenvalue weighted by Crippen LogP contribution is -2.18. The van der Waals surface area contributed by atoms with Crippen molar-refractivity contribution in [1.82, 2.24) is 0 Å². The van der Waals surface area contributed by atoms with Crippen LogP contribution in [0.5, 0.6) is 5.75 Å². The van der Waals surface area contributed by atoms with E-state index in [0.717, 1.165) is 18.2 Å². The number of sulfonamides is 1. The van der Waals surface area contributed by atoms with Gasteiger partial charge in [-0.15, -0.1) is 13.2 Å². The molecular weight excluding hydrogens is 249 g/mol. The van der Waals surface area contributed by atoms with Crippen LogP contribution in [0.1, 0.15) is 0 Å². The molecule has 0 aliphatic rings. The van der Waals surface area contributed by atoms with Crippen LogP contribution < -0.4 is 15.6 Å². The lowest BCUT2D eigenvalue weighted by atomic mass is 10.3. The molecule has 0 amide bonds. The Bertz CT molecular complexity index is 498. The highest BCUT2D eigenvalue weighted by atomic mass is 32.2. The Hall–Kier alpha value is -1.48. The normalized spacial score (nSPS) is 12.5. The van der Waals surface area contributed by atoms with Gasteiger partial charge in [0.2, 0.25) is 10.0 Å². The lowest BCUT2D eigenvalue weighted by molar-refractivity contribution is -0.274. The summed E-state index contributed by atoms with van der Waals surface area (Å²) in [6, 6.07) is 2.38. The van der Waals surface area contributed by atoms with Crippen molar-refractivity contribution < 1.29 is 26.3 Å². The maximum Gasteiger partial charge on any atom is 0.573 e. The molecule has 0 aliphatic heterocycles. The van der Waals surface area contributed by atoms with E-state index in [9.17, 15) is 21.6 Å². The Morgan fingerprint density at radius 2 is 1.81 bits per heavy atom. The van der Waals surface area contributed by atoms with Crippen LogP contribution in [0, 0.1) is 0 Å². The van der Waals surface area contributed by atoms with Gasteiger partial charge in [-0.1, -0.05) is 0 Å². The highest BCUT2D eigenvalue weighted by molar-refractivity contribution is 7.89. The van der Waals surface area contributed by atoms with Gasteiger partial charge < -0.3 is 10.5 Å². The summed E-state index contributed by atoms with van der Waals surface area (Å²) in [5.74, 6) is -0.614. The number of nitrogens with two attached hydrogens (primary N) is 2. The molecule has 0 fully saturated rings. The molecule has 0 spiro atoms. The number of hydrogen-bond acceptors (Lipinski definition) is 4. The molecule has 0 bridgehead atoms. The van der Waals surface area contributed by atoms with E-state index in [0.29, 0.717) is 0 Å². The van der Waals surface area contributed by atoms with Crippen LogP contribution in [0.15, 0.2) is 23.1 Å². The van der Waals surface area contributed by atoms with E-state index in [4.69, 9.17) is 10.9 Å². The summed E-state index contributed by atoms with van der Waals surface area (Å²) in [6.45, 7) is 0. The molecule has 9 heteroatoms. The quantitative estimate of drug-likeness (QED) is 0.765. The van der Waals surface area contributed by atoms with Gasteiger partial charge in [-0.3, -0.25) is 0 Å². The van der Waals surface area contributed by atoms with Crippen LogP contribution in [0.4, 0.5) is 18.9 Å². The fourth-order valence-corrected chi connectivity index (χ4v) is 1.63. The van der Waals surface area contributed by atoms with Gasteiger partial charge in [0, 0.05) is 6.07 Å². The number of benzene rings is 1. The van der Waals surface area contributed by atoms with E-state index >= 15 is 0 Å². The molecule has 90 valence electrons. The average Bonchev–Trinajstić information content (AvgIpc) is 1.97. The average molecular weight is 256 g/mol. The monoisotopic (exact) mass is 256 g/mol. The van der Waals surface area contributed by atoms with Crippen molar-refractivity contribution in [3.05, 3.63) is 18.2 Å². The van der Waals surface area contributed by atoms with E-state index in [1.165, 1.54) is 0 Å². The number of hydrogen-bond donors (Lipinski definition) is 2. The molecule has 5 nitrogen and oxygen atoms in total. The predicted octanol–water partition coefficient (Wildman–Crippen LogP) is 0.815. The molecule has 0 unspecified atom stereocenters. The number of nitrogen functional groups attached to an aromatic ring is 1. The smallest absolute Gasteiger partial charge is 0.406 e. The van der Waals surface area contributed by atoms with Gasteiger partial charge in [-0.25, -0.2) is 13.6 Å². The Kier molecular flexibility index (Phi) is 3.01. The Morgan fingerprint density at radius 3 is 2.19 bits per heavy atom. The first kappa shape index (κ1) is 12.6. The first-order valence-corrected chi connectivity index (χ1v) is 5.32. The van der Waals surface area contributed by atoms with E-state index in [-0.39, 0.29) is 0 Å². The summed E-state index contributed by atoms with van der Waals surface area (Å²) >= 11 is 0. The van der Waals surface area contributed by atoms with Crippen LogP contribution in [0.25, 0.3) is 0 Å². The van der Waals surface area contributed by atoms with E-state index in [2.05, 4.69) is 4.74 Å². The SMILES string of the molecule is Nc1cc(OC(F)(F)F)ccc1S(N)(=O)=O. The molecule has 1 rings (SSSR count). The molecule has 0 atom stereocenters. The second-order valence-corrected chi connectivity index (χ2v) is 4.32. The fraction of sp³-hybridized carbons (Fsp3) is 0.143. The molecule has 0 heterocycles. The van der Waals surface area contributed by atoms with Crippen molar-refractivity contribution >= 4 is 15.7 Å². The van der Waals surface area contributed by atoms with Gasteiger partial charge in [0.05, 0.1) is 5.69 Å². The minimum Gasteiger partial charge on any atom is -0.406 e. The summed E-state index contributed by atoms with van der Waals surface area (Å²) in [5, 5.41) is 4.76. The zero-order valence-corrected chi connectivity index (χ0v) is 8.47. The molecule has 0 aliphatic carbocycles. The summed E-state index contributed by atoms with van der Waals surface area (Å²) in [6.07, 6.45) is -4.87. The van der Waals surface area contributed by atoms with Crippen LogP contribution in [-0.2, 0) is 10.0 Å². The second kappa shape index (κ2) is 3.83. The number of primary sulfonamides is 1. The van der Waals surface area contributed by atoms with Crippen molar-refractivity contribution in [2.75, 3.05) is 5.73 Å². The van der Waals surface area contributed by atoms with Crippen molar-refractivity contribution in [3.63, 3.8) is 0 Å². The number of anilines is 1. The minimum atomic E-state index is -4.87. The Labute approximate surface area is 88.8 Å².